The Balaban J connectivity index is 1.73. The van der Waals surface area contributed by atoms with Crippen molar-refractivity contribution in [2.45, 2.75) is 19.9 Å². The van der Waals surface area contributed by atoms with Crippen molar-refractivity contribution in [1.29, 1.82) is 0 Å². The number of hydrogen-bond donors (Lipinski definition) is 3. The van der Waals surface area contributed by atoms with Crippen LogP contribution in [0.5, 0.6) is 0 Å². The molecule has 0 spiro atoms. The summed E-state index contributed by atoms with van der Waals surface area (Å²) < 4.78 is 0. The molecule has 0 unspecified atom stereocenters. The number of nitrogens with one attached hydrogen (secondary N) is 3. The van der Waals surface area contributed by atoms with Gasteiger partial charge in [-0.1, -0.05) is 12.1 Å². The van der Waals surface area contributed by atoms with Crippen LogP contribution in [0.3, 0.4) is 0 Å². The Labute approximate surface area is 135 Å². The first-order valence-corrected chi connectivity index (χ1v) is 7.40. The number of carbonyl (C=O) groups excluding carboxylic acids is 2. The molecule has 1 heterocycles. The topological polar surface area (TPSA) is 83.1 Å². The van der Waals surface area contributed by atoms with E-state index in [0.29, 0.717) is 30.9 Å². The second-order valence-electron chi connectivity index (χ2n) is 5.10. The van der Waals surface area contributed by atoms with E-state index in [-0.39, 0.29) is 11.8 Å². The van der Waals surface area contributed by atoms with Gasteiger partial charge < -0.3 is 16.0 Å². The maximum Gasteiger partial charge on any atom is 0.225 e. The average Bonchev–Trinajstić information content (AvgIpc) is 2.52. The van der Waals surface area contributed by atoms with Gasteiger partial charge in [0.15, 0.2) is 0 Å². The van der Waals surface area contributed by atoms with Crippen LogP contribution in [0, 0.1) is 0 Å². The standard InChI is InChI=1S/C17H20N4O2/c1-13(22)20-15-5-2-6-16(10-15)21-17(23)7-9-19-12-14-4-3-8-18-11-14/h2-6,8,10-11,19H,7,9,12H2,1H3,(H,20,22)(H,21,23). The second-order valence-corrected chi connectivity index (χ2v) is 5.10. The zero-order valence-electron chi connectivity index (χ0n) is 13.0. The fraction of sp³-hybridized carbons (Fsp3) is 0.235. The van der Waals surface area contributed by atoms with Crippen molar-refractivity contribution in [3.63, 3.8) is 0 Å². The van der Waals surface area contributed by atoms with E-state index in [0.717, 1.165) is 5.56 Å². The van der Waals surface area contributed by atoms with Gasteiger partial charge in [0.2, 0.25) is 11.8 Å². The van der Waals surface area contributed by atoms with E-state index in [4.69, 9.17) is 0 Å². The Kier molecular flexibility index (Phi) is 6.26. The minimum absolute atomic E-state index is 0.0799. The molecule has 0 aliphatic carbocycles. The molecule has 0 aliphatic rings. The number of aromatic nitrogens is 1. The summed E-state index contributed by atoms with van der Waals surface area (Å²) in [7, 11) is 0. The molecular weight excluding hydrogens is 292 g/mol. The number of nitrogens with zero attached hydrogens (tertiary/aromatic N) is 1. The summed E-state index contributed by atoms with van der Waals surface area (Å²) in [6.45, 7) is 2.70. The fourth-order valence-electron chi connectivity index (χ4n) is 2.04. The van der Waals surface area contributed by atoms with Crippen LogP contribution in [0.15, 0.2) is 48.8 Å². The van der Waals surface area contributed by atoms with Crippen LogP contribution in [0.2, 0.25) is 0 Å². The van der Waals surface area contributed by atoms with Crippen LogP contribution in [-0.4, -0.2) is 23.3 Å². The number of hydrogen-bond acceptors (Lipinski definition) is 4. The van der Waals surface area contributed by atoms with Crippen LogP contribution in [0.25, 0.3) is 0 Å². The molecule has 23 heavy (non-hydrogen) atoms. The minimum atomic E-state index is -0.145. The van der Waals surface area contributed by atoms with Gasteiger partial charge in [0.25, 0.3) is 0 Å². The maximum atomic E-state index is 11.9. The number of carbonyl (C=O) groups is 2. The van der Waals surface area contributed by atoms with Crippen molar-refractivity contribution in [2.75, 3.05) is 17.2 Å². The third-order valence-electron chi connectivity index (χ3n) is 3.05. The Morgan fingerprint density at radius 1 is 1.09 bits per heavy atom. The molecule has 1 aromatic carbocycles. The SMILES string of the molecule is CC(=O)Nc1cccc(NC(=O)CCNCc2cccnc2)c1. The van der Waals surface area contributed by atoms with E-state index < -0.39 is 0 Å². The molecule has 0 saturated carbocycles. The van der Waals surface area contributed by atoms with Crippen molar-refractivity contribution >= 4 is 23.2 Å². The van der Waals surface area contributed by atoms with Gasteiger partial charge >= 0.3 is 0 Å². The molecule has 3 N–H and O–H groups in total. The summed E-state index contributed by atoms with van der Waals surface area (Å²) >= 11 is 0. The van der Waals surface area contributed by atoms with Crippen LogP contribution < -0.4 is 16.0 Å². The lowest BCUT2D eigenvalue weighted by Gasteiger charge is -2.08. The normalized spacial score (nSPS) is 10.1. The van der Waals surface area contributed by atoms with Gasteiger partial charge in [-0.25, -0.2) is 0 Å². The predicted molar refractivity (Wildman–Crippen MR) is 89.9 cm³/mol. The van der Waals surface area contributed by atoms with E-state index >= 15 is 0 Å². The highest BCUT2D eigenvalue weighted by molar-refractivity contribution is 5.93. The van der Waals surface area contributed by atoms with E-state index in [9.17, 15) is 9.59 Å². The third-order valence-corrected chi connectivity index (χ3v) is 3.05. The summed E-state index contributed by atoms with van der Waals surface area (Å²) in [4.78, 5) is 27.0. The first kappa shape index (κ1) is 16.6. The number of rotatable bonds is 7. The van der Waals surface area contributed by atoms with Gasteiger partial charge in [0.1, 0.15) is 0 Å². The first-order chi connectivity index (χ1) is 11.1. The molecular formula is C17H20N4O2. The van der Waals surface area contributed by atoms with Gasteiger partial charge in [0.05, 0.1) is 0 Å². The van der Waals surface area contributed by atoms with Gasteiger partial charge in [-0.2, -0.15) is 0 Å². The Morgan fingerprint density at radius 2 is 1.87 bits per heavy atom. The smallest absolute Gasteiger partial charge is 0.225 e. The Hall–Kier alpha value is -2.73. The molecule has 0 atom stereocenters. The predicted octanol–water partition coefficient (Wildman–Crippen LogP) is 2.16. The van der Waals surface area contributed by atoms with Crippen molar-refractivity contribution < 1.29 is 9.59 Å². The van der Waals surface area contributed by atoms with E-state index in [2.05, 4.69) is 20.9 Å². The van der Waals surface area contributed by atoms with Gasteiger partial charge in [-0.3, -0.25) is 14.6 Å². The van der Waals surface area contributed by atoms with Crippen LogP contribution >= 0.6 is 0 Å². The highest BCUT2D eigenvalue weighted by atomic mass is 16.2. The van der Waals surface area contributed by atoms with Gasteiger partial charge in [-0.15, -0.1) is 0 Å². The molecule has 0 saturated heterocycles. The molecule has 1 aromatic heterocycles. The summed E-state index contributed by atoms with van der Waals surface area (Å²) in [5, 5.41) is 8.69. The third kappa shape index (κ3) is 6.27. The van der Waals surface area contributed by atoms with E-state index in [1.165, 1.54) is 6.92 Å². The van der Waals surface area contributed by atoms with Crippen molar-refractivity contribution in [1.82, 2.24) is 10.3 Å². The lowest BCUT2D eigenvalue weighted by Crippen LogP contribution is -2.21. The number of pyridine rings is 1. The van der Waals surface area contributed by atoms with Crippen molar-refractivity contribution in [3.05, 3.63) is 54.4 Å². The zero-order chi connectivity index (χ0) is 16.5. The number of amides is 2. The lowest BCUT2D eigenvalue weighted by molar-refractivity contribution is -0.116. The Morgan fingerprint density at radius 3 is 2.57 bits per heavy atom. The molecule has 2 aromatic rings. The number of benzene rings is 1. The van der Waals surface area contributed by atoms with Crippen LogP contribution in [0.4, 0.5) is 11.4 Å². The molecule has 0 radical (unpaired) electrons. The summed E-state index contributed by atoms with van der Waals surface area (Å²) in [6, 6.07) is 10.9. The van der Waals surface area contributed by atoms with Gasteiger partial charge in [-0.05, 0) is 29.8 Å². The average molecular weight is 312 g/mol. The molecule has 2 rings (SSSR count). The molecule has 2 amide bonds. The highest BCUT2D eigenvalue weighted by Gasteiger charge is 2.03. The lowest BCUT2D eigenvalue weighted by atomic mass is 10.2. The fourth-order valence-corrected chi connectivity index (χ4v) is 2.04. The molecule has 6 nitrogen and oxygen atoms in total. The monoisotopic (exact) mass is 312 g/mol. The molecule has 0 fully saturated rings. The quantitative estimate of drug-likeness (QED) is 0.684. The summed E-state index contributed by atoms with van der Waals surface area (Å²) in [6.07, 6.45) is 3.89. The summed E-state index contributed by atoms with van der Waals surface area (Å²) in [5.41, 5.74) is 2.40. The molecule has 0 aliphatic heterocycles. The zero-order valence-corrected chi connectivity index (χ0v) is 13.0. The van der Waals surface area contributed by atoms with Crippen molar-refractivity contribution in [2.24, 2.45) is 0 Å². The number of anilines is 2. The maximum absolute atomic E-state index is 11.9. The highest BCUT2D eigenvalue weighted by Crippen LogP contribution is 2.15. The Bertz CT molecular complexity index is 659. The summed E-state index contributed by atoms with van der Waals surface area (Å²) in [5.74, 6) is -0.225. The largest absolute Gasteiger partial charge is 0.326 e. The van der Waals surface area contributed by atoms with Crippen molar-refractivity contribution in [3.8, 4) is 0 Å². The minimum Gasteiger partial charge on any atom is -0.326 e. The van der Waals surface area contributed by atoms with Crippen LogP contribution in [0.1, 0.15) is 18.9 Å². The second kappa shape index (κ2) is 8.65. The van der Waals surface area contributed by atoms with E-state index in [1.54, 1.807) is 36.7 Å². The molecule has 0 bridgehead atoms. The first-order valence-electron chi connectivity index (χ1n) is 7.40. The molecule has 120 valence electrons. The van der Waals surface area contributed by atoms with E-state index in [1.807, 2.05) is 12.1 Å². The van der Waals surface area contributed by atoms with Crippen LogP contribution in [-0.2, 0) is 16.1 Å². The molecule has 6 heteroatoms. The van der Waals surface area contributed by atoms with Gasteiger partial charge in [0, 0.05) is 50.2 Å².